The van der Waals surface area contributed by atoms with Crippen molar-refractivity contribution in [3.8, 4) is 0 Å². The topological polar surface area (TPSA) is 23.6 Å². The van der Waals surface area contributed by atoms with Gasteiger partial charge in [0.05, 0.1) is 0 Å². The van der Waals surface area contributed by atoms with Crippen LogP contribution in [0.5, 0.6) is 0 Å². The second-order valence-corrected chi connectivity index (χ2v) is 7.31. The molecule has 0 radical (unpaired) electrons. The second-order valence-electron chi connectivity index (χ2n) is 3.74. The number of nitrogens with zero attached hydrogens (tertiary/aromatic N) is 2. The summed E-state index contributed by atoms with van der Waals surface area (Å²) in [4.78, 5) is 0. The van der Waals surface area contributed by atoms with Crippen LogP contribution >= 0.6 is 19.0 Å². The zero-order chi connectivity index (χ0) is 14.6. The van der Waals surface area contributed by atoms with Crippen LogP contribution in [0, 0.1) is 0 Å². The van der Waals surface area contributed by atoms with Crippen molar-refractivity contribution in [2.75, 3.05) is 26.2 Å². The molecule has 0 rings (SSSR count). The summed E-state index contributed by atoms with van der Waals surface area (Å²) in [5.74, 6) is 0. The van der Waals surface area contributed by atoms with Crippen LogP contribution in [0.2, 0.25) is 0 Å². The second kappa shape index (κ2) is 7.13. The quantitative estimate of drug-likeness (QED) is 0.525. The first-order valence-electron chi connectivity index (χ1n) is 6.01. The van der Waals surface area contributed by atoms with Crippen LogP contribution < -0.4 is 0 Å². The van der Waals surface area contributed by atoms with Gasteiger partial charge in [0.1, 0.15) is 0 Å². The van der Waals surface area contributed by atoms with E-state index in [-0.39, 0.29) is 26.2 Å². The van der Waals surface area contributed by atoms with Gasteiger partial charge < -0.3 is 0 Å². The standard InChI is InChI=1S/C10H21ClF3N2OP/c1-5-15(6-2)18(17,16(7-3)8-4)9(11)10(12,13)14/h9H,5-8H2,1-4H3/t9-/m0/s1. The van der Waals surface area contributed by atoms with Crippen molar-refractivity contribution in [2.45, 2.75) is 39.0 Å². The average Bonchev–Trinajstić information content (AvgIpc) is 2.29. The molecule has 0 aliphatic heterocycles. The summed E-state index contributed by atoms with van der Waals surface area (Å²) >= 11 is 5.50. The van der Waals surface area contributed by atoms with E-state index in [4.69, 9.17) is 11.6 Å². The van der Waals surface area contributed by atoms with Gasteiger partial charge in [0.25, 0.3) is 0 Å². The van der Waals surface area contributed by atoms with Crippen molar-refractivity contribution >= 4 is 19.0 Å². The fraction of sp³-hybridized carbons (Fsp3) is 1.00. The van der Waals surface area contributed by atoms with Gasteiger partial charge in [-0.05, 0) is 0 Å². The smallest absolute Gasteiger partial charge is 0.287 e. The largest absolute Gasteiger partial charge is 0.414 e. The minimum Gasteiger partial charge on any atom is -0.287 e. The third-order valence-electron chi connectivity index (χ3n) is 2.84. The van der Waals surface area contributed by atoms with Gasteiger partial charge in [-0.2, -0.15) is 13.2 Å². The highest BCUT2D eigenvalue weighted by molar-refractivity contribution is 7.61. The zero-order valence-corrected chi connectivity index (χ0v) is 12.8. The zero-order valence-electron chi connectivity index (χ0n) is 11.2. The van der Waals surface area contributed by atoms with E-state index in [1.165, 1.54) is 9.34 Å². The summed E-state index contributed by atoms with van der Waals surface area (Å²) in [7, 11) is -3.85. The predicted octanol–water partition coefficient (Wildman–Crippen LogP) is 3.99. The van der Waals surface area contributed by atoms with Crippen molar-refractivity contribution in [3.63, 3.8) is 0 Å². The Balaban J connectivity index is 5.61. The van der Waals surface area contributed by atoms with Crippen LogP contribution in [0.1, 0.15) is 27.7 Å². The van der Waals surface area contributed by atoms with Gasteiger partial charge >= 0.3 is 6.18 Å². The van der Waals surface area contributed by atoms with Gasteiger partial charge in [-0.25, -0.2) is 9.34 Å². The van der Waals surface area contributed by atoms with Crippen LogP contribution in [0.15, 0.2) is 0 Å². The molecule has 0 aliphatic carbocycles. The molecule has 0 amide bonds. The molecular formula is C10H21ClF3N2OP. The van der Waals surface area contributed by atoms with Gasteiger partial charge in [-0.3, -0.25) is 4.57 Å². The van der Waals surface area contributed by atoms with E-state index >= 15 is 0 Å². The van der Waals surface area contributed by atoms with Crippen LogP contribution in [-0.2, 0) is 4.57 Å². The van der Waals surface area contributed by atoms with Gasteiger partial charge in [-0.1, -0.05) is 27.7 Å². The van der Waals surface area contributed by atoms with E-state index in [0.717, 1.165) is 0 Å². The molecule has 0 heterocycles. The van der Waals surface area contributed by atoms with Crippen molar-refractivity contribution < 1.29 is 17.7 Å². The lowest BCUT2D eigenvalue weighted by Gasteiger charge is -2.40. The Morgan fingerprint density at radius 3 is 1.44 bits per heavy atom. The summed E-state index contributed by atoms with van der Waals surface area (Å²) < 4.78 is 54.1. The summed E-state index contributed by atoms with van der Waals surface area (Å²) in [5, 5.41) is -2.36. The van der Waals surface area contributed by atoms with E-state index in [0.29, 0.717) is 0 Å². The van der Waals surface area contributed by atoms with E-state index in [1.54, 1.807) is 27.7 Å². The summed E-state index contributed by atoms with van der Waals surface area (Å²) in [6, 6.07) is 0. The summed E-state index contributed by atoms with van der Waals surface area (Å²) in [6.07, 6.45) is -4.68. The first-order valence-corrected chi connectivity index (χ1v) is 8.13. The molecule has 0 saturated heterocycles. The van der Waals surface area contributed by atoms with Crippen LogP contribution in [-0.4, -0.2) is 46.8 Å². The molecule has 0 saturated carbocycles. The minimum absolute atomic E-state index is 0.267. The molecule has 0 N–H and O–H groups in total. The molecule has 18 heavy (non-hydrogen) atoms. The normalized spacial score (nSPS) is 15.4. The van der Waals surface area contributed by atoms with Crippen LogP contribution in [0.3, 0.4) is 0 Å². The molecular weight excluding hydrogens is 288 g/mol. The lowest BCUT2D eigenvalue weighted by Crippen LogP contribution is -2.40. The third kappa shape index (κ3) is 3.62. The molecule has 0 spiro atoms. The Bertz CT molecular complexity index is 277. The maximum atomic E-state index is 12.9. The van der Waals surface area contributed by atoms with Crippen LogP contribution in [0.25, 0.3) is 0 Å². The number of alkyl halides is 4. The molecule has 0 aromatic carbocycles. The Hall–Kier alpha value is 0.230. The number of hydrogen-bond acceptors (Lipinski definition) is 1. The molecule has 8 heteroatoms. The number of halogens is 4. The summed E-state index contributed by atoms with van der Waals surface area (Å²) in [5.41, 5.74) is 0. The van der Waals surface area contributed by atoms with Crippen molar-refractivity contribution in [3.05, 3.63) is 0 Å². The highest BCUT2D eigenvalue weighted by Crippen LogP contribution is 2.62. The van der Waals surface area contributed by atoms with Gasteiger partial charge in [-0.15, -0.1) is 11.6 Å². The lowest BCUT2D eigenvalue weighted by molar-refractivity contribution is -0.117. The van der Waals surface area contributed by atoms with Crippen molar-refractivity contribution in [1.82, 2.24) is 9.34 Å². The van der Waals surface area contributed by atoms with Crippen molar-refractivity contribution in [2.24, 2.45) is 0 Å². The van der Waals surface area contributed by atoms with E-state index in [1.807, 2.05) is 0 Å². The van der Waals surface area contributed by atoms with E-state index < -0.39 is 18.7 Å². The average molecular weight is 309 g/mol. The number of hydrogen-bond donors (Lipinski definition) is 0. The molecule has 3 nitrogen and oxygen atoms in total. The molecule has 1 atom stereocenters. The molecule has 0 bridgehead atoms. The third-order valence-corrected chi connectivity index (χ3v) is 7.48. The molecule has 0 fully saturated rings. The first-order chi connectivity index (χ1) is 8.19. The maximum absolute atomic E-state index is 12.9. The highest BCUT2D eigenvalue weighted by atomic mass is 35.5. The van der Waals surface area contributed by atoms with Crippen LogP contribution in [0.4, 0.5) is 13.2 Å². The lowest BCUT2D eigenvalue weighted by atomic mass is 10.7. The molecule has 0 aromatic rings. The van der Waals surface area contributed by atoms with E-state index in [9.17, 15) is 17.7 Å². The fourth-order valence-corrected chi connectivity index (χ4v) is 5.59. The monoisotopic (exact) mass is 308 g/mol. The van der Waals surface area contributed by atoms with Gasteiger partial charge in [0, 0.05) is 26.2 Å². The maximum Gasteiger partial charge on any atom is 0.414 e. The Labute approximate surface area is 112 Å². The SMILES string of the molecule is CCN(CC)P(=O)([C@H](Cl)C(F)(F)F)N(CC)CC. The molecule has 110 valence electrons. The molecule has 0 aliphatic rings. The Kier molecular flexibility index (Phi) is 7.22. The number of rotatable bonds is 7. The first kappa shape index (κ1) is 18.2. The predicted molar refractivity (Wildman–Crippen MR) is 69.1 cm³/mol. The van der Waals surface area contributed by atoms with Gasteiger partial charge in [0.15, 0.2) is 0 Å². The highest BCUT2D eigenvalue weighted by Gasteiger charge is 2.55. The molecule has 0 unspecified atom stereocenters. The van der Waals surface area contributed by atoms with E-state index in [2.05, 4.69) is 0 Å². The minimum atomic E-state index is -4.68. The Morgan fingerprint density at radius 2 is 1.28 bits per heavy atom. The molecule has 0 aromatic heterocycles. The fourth-order valence-electron chi connectivity index (χ4n) is 1.91. The van der Waals surface area contributed by atoms with Gasteiger partial charge in [0.2, 0.25) is 12.6 Å². The summed E-state index contributed by atoms with van der Waals surface area (Å²) in [6.45, 7) is 7.79. The van der Waals surface area contributed by atoms with Crippen molar-refractivity contribution in [1.29, 1.82) is 0 Å². The Morgan fingerprint density at radius 1 is 1.00 bits per heavy atom.